The normalized spacial score (nSPS) is 13.3. The van der Waals surface area contributed by atoms with Crippen molar-refractivity contribution in [1.82, 2.24) is 4.98 Å². The second-order valence-corrected chi connectivity index (χ2v) is 6.49. The van der Waals surface area contributed by atoms with Crippen LogP contribution < -0.4 is 4.74 Å². The van der Waals surface area contributed by atoms with Gasteiger partial charge in [-0.3, -0.25) is 0 Å². The van der Waals surface area contributed by atoms with Crippen LogP contribution in [0.3, 0.4) is 0 Å². The van der Waals surface area contributed by atoms with E-state index in [1.807, 2.05) is 0 Å². The van der Waals surface area contributed by atoms with Gasteiger partial charge in [0.2, 0.25) is 0 Å². The van der Waals surface area contributed by atoms with E-state index in [1.54, 1.807) is 0 Å². The molecular formula is C8H3BrClF6NO3S. The zero-order valence-corrected chi connectivity index (χ0v) is 12.5. The Morgan fingerprint density at radius 2 is 1.76 bits per heavy atom. The highest BCUT2D eigenvalue weighted by atomic mass is 79.9. The van der Waals surface area contributed by atoms with E-state index in [0.717, 1.165) is 0 Å². The van der Waals surface area contributed by atoms with Gasteiger partial charge in [0.05, 0.1) is 5.69 Å². The van der Waals surface area contributed by atoms with Crippen molar-refractivity contribution in [2.75, 3.05) is 0 Å². The first kappa shape index (κ1) is 18.3. The number of aromatic nitrogens is 1. The number of alkyl halides is 7. The molecule has 0 unspecified atom stereocenters. The molecule has 0 saturated carbocycles. The van der Waals surface area contributed by atoms with Crippen molar-refractivity contribution < 1.29 is 39.5 Å². The Hall–Kier alpha value is -0.750. The first-order chi connectivity index (χ1) is 9.25. The standard InChI is InChI=1S/C8H3BrClF6NO3S/c9-2-3-5(21(10,18)19)1-4(20-8(14,15)16)6(17-3)7(11,12)13/h1H,2H2. The monoisotopic (exact) mass is 421 g/mol. The summed E-state index contributed by atoms with van der Waals surface area (Å²) in [5.41, 5.74) is -2.72. The lowest BCUT2D eigenvalue weighted by Gasteiger charge is -2.16. The van der Waals surface area contributed by atoms with Crippen LogP contribution in [0.25, 0.3) is 0 Å². The molecule has 0 aliphatic rings. The number of rotatable bonds is 3. The van der Waals surface area contributed by atoms with Gasteiger partial charge < -0.3 is 4.74 Å². The fourth-order valence-corrected chi connectivity index (χ4v) is 2.89. The second-order valence-electron chi connectivity index (χ2n) is 3.40. The highest BCUT2D eigenvalue weighted by Gasteiger charge is 2.42. The van der Waals surface area contributed by atoms with E-state index in [1.165, 1.54) is 0 Å². The Bertz CT molecular complexity index is 645. The molecule has 0 aliphatic carbocycles. The summed E-state index contributed by atoms with van der Waals surface area (Å²) in [5.74, 6) is -1.81. The van der Waals surface area contributed by atoms with Crippen LogP contribution in [0.1, 0.15) is 11.4 Å². The highest BCUT2D eigenvalue weighted by Crippen LogP contribution is 2.39. The number of ether oxygens (including phenoxy) is 1. The number of nitrogens with zero attached hydrogens (tertiary/aromatic N) is 1. The molecule has 1 aromatic heterocycles. The molecule has 0 aliphatic heterocycles. The smallest absolute Gasteiger partial charge is 0.403 e. The Kier molecular flexibility index (Phi) is 5.05. The quantitative estimate of drug-likeness (QED) is 0.422. The van der Waals surface area contributed by atoms with Crippen LogP contribution >= 0.6 is 26.6 Å². The maximum atomic E-state index is 12.7. The molecule has 0 aromatic carbocycles. The fraction of sp³-hybridized carbons (Fsp3) is 0.375. The van der Waals surface area contributed by atoms with Crippen LogP contribution in [0.15, 0.2) is 11.0 Å². The molecule has 0 bridgehead atoms. The third-order valence-corrected chi connectivity index (χ3v) is 3.82. The van der Waals surface area contributed by atoms with E-state index in [4.69, 9.17) is 10.7 Å². The first-order valence-corrected chi connectivity index (χ1v) is 8.06. The minimum Gasteiger partial charge on any atom is -0.403 e. The van der Waals surface area contributed by atoms with Gasteiger partial charge in [-0.1, -0.05) is 15.9 Å². The van der Waals surface area contributed by atoms with Gasteiger partial charge >= 0.3 is 12.5 Å². The van der Waals surface area contributed by atoms with Crippen LogP contribution in [0.4, 0.5) is 26.3 Å². The van der Waals surface area contributed by atoms with Crippen LogP contribution in [0.2, 0.25) is 0 Å². The van der Waals surface area contributed by atoms with Gasteiger partial charge in [-0.2, -0.15) is 13.2 Å². The Morgan fingerprint density at radius 3 is 2.10 bits per heavy atom. The zero-order chi connectivity index (χ0) is 16.6. The van der Waals surface area contributed by atoms with Crippen LogP contribution in [0, 0.1) is 0 Å². The molecule has 0 spiro atoms. The van der Waals surface area contributed by atoms with Crippen molar-refractivity contribution in [2.24, 2.45) is 0 Å². The summed E-state index contributed by atoms with van der Waals surface area (Å²) in [6, 6.07) is 0.0300. The predicted molar refractivity (Wildman–Crippen MR) is 61.6 cm³/mol. The molecule has 0 radical (unpaired) electrons. The third kappa shape index (κ3) is 4.88. The molecule has 0 amide bonds. The minimum absolute atomic E-state index is 0.0300. The number of pyridine rings is 1. The van der Waals surface area contributed by atoms with Crippen molar-refractivity contribution in [3.63, 3.8) is 0 Å². The van der Waals surface area contributed by atoms with Gasteiger partial charge in [0, 0.05) is 22.1 Å². The molecule has 120 valence electrons. The SMILES string of the molecule is O=S(=O)(Cl)c1cc(OC(F)(F)F)c(C(F)(F)F)nc1CBr. The molecule has 0 fully saturated rings. The maximum absolute atomic E-state index is 12.7. The van der Waals surface area contributed by atoms with Gasteiger partial charge in [0.1, 0.15) is 4.90 Å². The molecule has 21 heavy (non-hydrogen) atoms. The molecular weight excluding hydrogens is 420 g/mol. The average molecular weight is 423 g/mol. The third-order valence-electron chi connectivity index (χ3n) is 1.91. The fourth-order valence-electron chi connectivity index (χ4n) is 1.23. The largest absolute Gasteiger partial charge is 0.573 e. The van der Waals surface area contributed by atoms with E-state index in [9.17, 15) is 34.8 Å². The number of hydrogen-bond acceptors (Lipinski definition) is 4. The predicted octanol–water partition coefficient (Wildman–Crippen LogP) is 3.82. The molecule has 1 rings (SSSR count). The van der Waals surface area contributed by atoms with E-state index >= 15 is 0 Å². The minimum atomic E-state index is -5.47. The Morgan fingerprint density at radius 1 is 1.24 bits per heavy atom. The summed E-state index contributed by atoms with van der Waals surface area (Å²) in [5, 5.41) is -0.482. The van der Waals surface area contributed by atoms with E-state index < -0.39 is 49.0 Å². The van der Waals surface area contributed by atoms with E-state index in [-0.39, 0.29) is 6.07 Å². The summed E-state index contributed by atoms with van der Waals surface area (Å²) < 4.78 is 99.8. The average Bonchev–Trinajstić information content (AvgIpc) is 2.23. The molecule has 1 aromatic rings. The Balaban J connectivity index is 3.66. The highest BCUT2D eigenvalue weighted by molar-refractivity contribution is 9.08. The lowest BCUT2D eigenvalue weighted by molar-refractivity contribution is -0.276. The van der Waals surface area contributed by atoms with Crippen LogP contribution in [-0.2, 0) is 20.6 Å². The summed E-state index contributed by atoms with van der Waals surface area (Å²) >= 11 is 2.67. The number of hydrogen-bond donors (Lipinski definition) is 0. The van der Waals surface area contributed by atoms with E-state index in [0.29, 0.717) is 0 Å². The first-order valence-electron chi connectivity index (χ1n) is 4.63. The second kappa shape index (κ2) is 5.80. The van der Waals surface area contributed by atoms with Crippen molar-refractivity contribution in [3.05, 3.63) is 17.5 Å². The van der Waals surface area contributed by atoms with Gasteiger partial charge in [-0.05, 0) is 0 Å². The van der Waals surface area contributed by atoms with Crippen molar-refractivity contribution >= 4 is 35.7 Å². The summed E-state index contributed by atoms with van der Waals surface area (Å²) in [7, 11) is 0.325. The van der Waals surface area contributed by atoms with Gasteiger partial charge in [-0.15, -0.1) is 13.2 Å². The summed E-state index contributed by atoms with van der Waals surface area (Å²) in [6.07, 6.45) is -10.8. The maximum Gasteiger partial charge on any atom is 0.573 e. The molecule has 13 heteroatoms. The Labute approximate surface area is 126 Å². The van der Waals surface area contributed by atoms with Crippen molar-refractivity contribution in [3.8, 4) is 5.75 Å². The van der Waals surface area contributed by atoms with E-state index in [2.05, 4.69) is 25.7 Å². The van der Waals surface area contributed by atoms with Gasteiger partial charge in [0.15, 0.2) is 11.4 Å². The van der Waals surface area contributed by atoms with Crippen LogP contribution in [0.5, 0.6) is 5.75 Å². The molecule has 0 N–H and O–H groups in total. The molecule has 1 heterocycles. The molecule has 0 saturated heterocycles. The van der Waals surface area contributed by atoms with Gasteiger partial charge in [-0.25, -0.2) is 13.4 Å². The summed E-state index contributed by atoms with van der Waals surface area (Å²) in [6.45, 7) is 0. The van der Waals surface area contributed by atoms with Crippen molar-refractivity contribution in [1.29, 1.82) is 0 Å². The van der Waals surface area contributed by atoms with Crippen LogP contribution in [-0.4, -0.2) is 19.8 Å². The number of halogens is 8. The lowest BCUT2D eigenvalue weighted by Crippen LogP contribution is -2.22. The van der Waals surface area contributed by atoms with Crippen molar-refractivity contribution in [2.45, 2.75) is 22.8 Å². The summed E-state index contributed by atoms with van der Waals surface area (Å²) in [4.78, 5) is 1.83. The molecule has 0 atom stereocenters. The zero-order valence-electron chi connectivity index (χ0n) is 9.39. The lowest BCUT2D eigenvalue weighted by atomic mass is 10.2. The molecule has 4 nitrogen and oxygen atoms in total. The van der Waals surface area contributed by atoms with Gasteiger partial charge in [0.25, 0.3) is 9.05 Å². The topological polar surface area (TPSA) is 56.3 Å².